The fourth-order valence-corrected chi connectivity index (χ4v) is 3.00. The summed E-state index contributed by atoms with van der Waals surface area (Å²) in [5.41, 5.74) is 0. The molecule has 0 saturated heterocycles. The van der Waals surface area contributed by atoms with Gasteiger partial charge in [-0.05, 0) is 12.3 Å². The molecule has 6 nitrogen and oxygen atoms in total. The molecule has 0 amide bonds. The van der Waals surface area contributed by atoms with E-state index in [9.17, 15) is 16.8 Å². The predicted octanol–water partition coefficient (Wildman–Crippen LogP) is -0.760. The second-order valence-corrected chi connectivity index (χ2v) is 7.38. The highest BCUT2D eigenvalue weighted by Gasteiger charge is 2.12. The number of nitrogens with one attached hydrogen (secondary N) is 1. The van der Waals surface area contributed by atoms with E-state index < -0.39 is 20.0 Å². The average molecular weight is 258 g/mol. The summed E-state index contributed by atoms with van der Waals surface area (Å²) in [6, 6.07) is 0. The SMILES string of the molecule is CC(C)CS(=O)(=O)NCCCS(N)(=O)=O. The molecule has 0 unspecified atom stereocenters. The van der Waals surface area contributed by atoms with Gasteiger partial charge in [-0.25, -0.2) is 26.7 Å². The Morgan fingerprint density at radius 2 is 1.73 bits per heavy atom. The van der Waals surface area contributed by atoms with Crippen molar-refractivity contribution in [3.8, 4) is 0 Å². The van der Waals surface area contributed by atoms with Crippen LogP contribution in [0.25, 0.3) is 0 Å². The lowest BCUT2D eigenvalue weighted by atomic mass is 10.3. The molecule has 0 fully saturated rings. The molecular weight excluding hydrogens is 240 g/mol. The van der Waals surface area contributed by atoms with Gasteiger partial charge in [0.2, 0.25) is 20.0 Å². The van der Waals surface area contributed by atoms with Crippen LogP contribution < -0.4 is 9.86 Å². The fraction of sp³-hybridized carbons (Fsp3) is 1.00. The van der Waals surface area contributed by atoms with Crippen molar-refractivity contribution in [3.63, 3.8) is 0 Å². The van der Waals surface area contributed by atoms with Crippen LogP contribution in [0, 0.1) is 5.92 Å². The first-order valence-corrected chi connectivity index (χ1v) is 7.97. The molecule has 0 radical (unpaired) electrons. The van der Waals surface area contributed by atoms with Crippen LogP contribution in [0.4, 0.5) is 0 Å². The molecule has 0 aromatic heterocycles. The van der Waals surface area contributed by atoms with E-state index in [-0.39, 0.29) is 30.4 Å². The summed E-state index contributed by atoms with van der Waals surface area (Å²) in [4.78, 5) is 0. The minimum atomic E-state index is -3.50. The van der Waals surface area contributed by atoms with Crippen LogP contribution in [0.2, 0.25) is 0 Å². The average Bonchev–Trinajstić information content (AvgIpc) is 1.93. The van der Waals surface area contributed by atoms with Crippen molar-refractivity contribution >= 4 is 20.0 Å². The van der Waals surface area contributed by atoms with Gasteiger partial charge in [0.05, 0.1) is 11.5 Å². The van der Waals surface area contributed by atoms with E-state index in [0.717, 1.165) is 0 Å². The van der Waals surface area contributed by atoms with Gasteiger partial charge in [0, 0.05) is 6.54 Å². The minimum Gasteiger partial charge on any atom is -0.229 e. The Morgan fingerprint density at radius 1 is 1.20 bits per heavy atom. The van der Waals surface area contributed by atoms with Gasteiger partial charge >= 0.3 is 0 Å². The molecule has 3 N–H and O–H groups in total. The molecule has 0 aromatic carbocycles. The molecule has 0 atom stereocenters. The van der Waals surface area contributed by atoms with Gasteiger partial charge in [0.15, 0.2) is 0 Å². The van der Waals surface area contributed by atoms with Crippen molar-refractivity contribution < 1.29 is 16.8 Å². The fourth-order valence-electron chi connectivity index (χ4n) is 0.999. The number of sulfonamides is 2. The molecule has 0 aliphatic carbocycles. The molecule has 15 heavy (non-hydrogen) atoms. The maximum atomic E-state index is 11.3. The molecule has 0 aliphatic rings. The van der Waals surface area contributed by atoms with E-state index in [2.05, 4.69) is 4.72 Å². The van der Waals surface area contributed by atoms with Crippen LogP contribution in [0.1, 0.15) is 20.3 Å². The third kappa shape index (κ3) is 10.1. The Bertz CT molecular complexity index is 372. The molecule has 8 heteroatoms. The Morgan fingerprint density at radius 3 is 2.13 bits per heavy atom. The van der Waals surface area contributed by atoms with Crippen LogP contribution in [-0.4, -0.2) is 34.9 Å². The smallest absolute Gasteiger partial charge is 0.211 e. The van der Waals surface area contributed by atoms with Gasteiger partial charge in [-0.2, -0.15) is 0 Å². The minimum absolute atomic E-state index is 0.0424. The second-order valence-electron chi connectivity index (χ2n) is 3.79. The van der Waals surface area contributed by atoms with Gasteiger partial charge < -0.3 is 0 Å². The topological polar surface area (TPSA) is 106 Å². The monoisotopic (exact) mass is 258 g/mol. The van der Waals surface area contributed by atoms with E-state index in [0.29, 0.717) is 0 Å². The van der Waals surface area contributed by atoms with Gasteiger partial charge in [-0.15, -0.1) is 0 Å². The van der Waals surface area contributed by atoms with Gasteiger partial charge in [-0.1, -0.05) is 13.8 Å². The highest BCUT2D eigenvalue weighted by Crippen LogP contribution is 1.97. The Kier molecular flexibility index (Phi) is 5.71. The van der Waals surface area contributed by atoms with Crippen molar-refractivity contribution in [1.82, 2.24) is 4.72 Å². The summed E-state index contributed by atoms with van der Waals surface area (Å²) in [5.74, 6) is -0.125. The zero-order valence-corrected chi connectivity index (χ0v) is 10.6. The quantitative estimate of drug-likeness (QED) is 0.585. The Labute approximate surface area is 91.3 Å². The van der Waals surface area contributed by atoms with E-state index in [1.807, 2.05) is 0 Å². The number of primary sulfonamides is 1. The van der Waals surface area contributed by atoms with E-state index in [4.69, 9.17) is 5.14 Å². The molecule has 0 bridgehead atoms. The number of hydrogen-bond acceptors (Lipinski definition) is 4. The third-order valence-corrected chi connectivity index (χ3v) is 4.09. The first-order valence-electron chi connectivity index (χ1n) is 4.60. The van der Waals surface area contributed by atoms with Crippen LogP contribution >= 0.6 is 0 Å². The van der Waals surface area contributed by atoms with E-state index in [1.54, 1.807) is 13.8 Å². The van der Waals surface area contributed by atoms with Crippen LogP contribution in [0.5, 0.6) is 0 Å². The van der Waals surface area contributed by atoms with Crippen LogP contribution in [-0.2, 0) is 20.0 Å². The van der Waals surface area contributed by atoms with Gasteiger partial charge in [0.25, 0.3) is 0 Å². The van der Waals surface area contributed by atoms with Crippen molar-refractivity contribution in [2.24, 2.45) is 11.1 Å². The summed E-state index contributed by atoms with van der Waals surface area (Å²) < 4.78 is 45.9. The summed E-state index contributed by atoms with van der Waals surface area (Å²) in [6.07, 6.45) is 0.191. The zero-order chi connectivity index (χ0) is 12.1. The van der Waals surface area contributed by atoms with Crippen LogP contribution in [0.15, 0.2) is 0 Å². The molecule has 0 aliphatic heterocycles. The lowest BCUT2D eigenvalue weighted by molar-refractivity contribution is 0.565. The summed E-state index contributed by atoms with van der Waals surface area (Å²) in [5, 5.41) is 4.76. The summed E-state index contributed by atoms with van der Waals surface area (Å²) in [6.45, 7) is 3.69. The predicted molar refractivity (Wildman–Crippen MR) is 59.2 cm³/mol. The maximum absolute atomic E-state index is 11.3. The second kappa shape index (κ2) is 5.78. The van der Waals surface area contributed by atoms with E-state index >= 15 is 0 Å². The molecule has 0 saturated carbocycles. The van der Waals surface area contributed by atoms with Gasteiger partial charge in [0.1, 0.15) is 0 Å². The lowest BCUT2D eigenvalue weighted by Crippen LogP contribution is -2.30. The van der Waals surface area contributed by atoms with Crippen molar-refractivity contribution in [2.75, 3.05) is 18.1 Å². The molecular formula is C7H18N2O4S2. The van der Waals surface area contributed by atoms with E-state index in [1.165, 1.54) is 0 Å². The molecule has 0 spiro atoms. The highest BCUT2D eigenvalue weighted by molar-refractivity contribution is 7.89. The zero-order valence-electron chi connectivity index (χ0n) is 8.93. The van der Waals surface area contributed by atoms with Gasteiger partial charge in [-0.3, -0.25) is 0 Å². The third-order valence-electron chi connectivity index (χ3n) is 1.48. The lowest BCUT2D eigenvalue weighted by Gasteiger charge is -2.07. The largest absolute Gasteiger partial charge is 0.229 e. The Hall–Kier alpha value is -0.180. The number of hydrogen-bond donors (Lipinski definition) is 2. The summed E-state index contributed by atoms with van der Waals surface area (Å²) >= 11 is 0. The molecule has 0 heterocycles. The Balaban J connectivity index is 3.87. The van der Waals surface area contributed by atoms with Crippen LogP contribution in [0.3, 0.4) is 0 Å². The standard InChI is InChI=1S/C7H18N2O4S2/c1-7(2)6-15(12,13)9-4-3-5-14(8,10)11/h7,9H,3-6H2,1-2H3,(H2,8,10,11). The highest BCUT2D eigenvalue weighted by atomic mass is 32.2. The summed E-state index contributed by atoms with van der Waals surface area (Å²) in [7, 11) is -6.78. The number of rotatable bonds is 7. The van der Waals surface area contributed by atoms with Crippen molar-refractivity contribution in [2.45, 2.75) is 20.3 Å². The normalized spacial score (nSPS) is 13.3. The number of nitrogens with two attached hydrogens (primary N) is 1. The first-order chi connectivity index (χ1) is 6.62. The molecule has 0 rings (SSSR count). The van der Waals surface area contributed by atoms with Crippen molar-refractivity contribution in [1.29, 1.82) is 0 Å². The first kappa shape index (κ1) is 14.8. The maximum Gasteiger partial charge on any atom is 0.211 e. The molecule has 0 aromatic rings. The molecule has 92 valence electrons. The van der Waals surface area contributed by atoms with Crippen molar-refractivity contribution in [3.05, 3.63) is 0 Å².